The molecule has 1 amide bonds. The zero-order valence-electron chi connectivity index (χ0n) is 9.98. The molecule has 1 aromatic heterocycles. The van der Waals surface area contributed by atoms with Gasteiger partial charge in [0.05, 0.1) is 0 Å². The average molecular weight is 235 g/mol. The molecule has 1 N–H and O–H groups in total. The molecule has 3 rings (SSSR count). The highest BCUT2D eigenvalue weighted by molar-refractivity contribution is 5.88. The number of aryl methyl sites for hydroxylation is 1. The summed E-state index contributed by atoms with van der Waals surface area (Å²) >= 11 is 0. The number of hydrogen-bond donors (Lipinski definition) is 1. The van der Waals surface area contributed by atoms with E-state index >= 15 is 0 Å². The van der Waals surface area contributed by atoms with Crippen LogP contribution in [0.2, 0.25) is 0 Å². The van der Waals surface area contributed by atoms with Crippen molar-refractivity contribution in [1.82, 2.24) is 10.1 Å². The molecule has 1 aromatic rings. The van der Waals surface area contributed by atoms with Crippen molar-refractivity contribution in [1.29, 1.82) is 0 Å². The summed E-state index contributed by atoms with van der Waals surface area (Å²) in [5, 5.41) is 6.31. The Morgan fingerprint density at radius 1 is 1.47 bits per heavy atom. The Morgan fingerprint density at radius 3 is 2.94 bits per heavy atom. The van der Waals surface area contributed by atoms with Gasteiger partial charge in [-0.05, 0) is 43.9 Å². The van der Waals surface area contributed by atoms with Gasteiger partial charge < -0.3 is 4.52 Å². The molecule has 5 heteroatoms. The Morgan fingerprint density at radius 2 is 2.35 bits per heavy atom. The first-order valence-electron chi connectivity index (χ1n) is 6.31. The minimum Gasteiger partial charge on any atom is -0.315 e. The molecule has 92 valence electrons. The number of rotatable bonds is 3. The first-order valence-corrected chi connectivity index (χ1v) is 6.31. The predicted octanol–water partition coefficient (Wildman–Crippen LogP) is 2.14. The number of carbonyl (C=O) groups is 1. The van der Waals surface area contributed by atoms with Crippen LogP contribution < -0.4 is 5.32 Å². The molecule has 0 spiro atoms. The Hall–Kier alpha value is -1.39. The summed E-state index contributed by atoms with van der Waals surface area (Å²) in [6.07, 6.45) is 5.83. The van der Waals surface area contributed by atoms with Crippen LogP contribution in [0.4, 0.5) is 6.01 Å². The molecule has 2 aliphatic carbocycles. The summed E-state index contributed by atoms with van der Waals surface area (Å²) in [7, 11) is 0. The number of nitrogens with zero attached hydrogens (tertiary/aromatic N) is 2. The van der Waals surface area contributed by atoms with Gasteiger partial charge in [0.1, 0.15) is 0 Å². The Kier molecular flexibility index (Phi) is 2.61. The van der Waals surface area contributed by atoms with E-state index in [1.807, 2.05) is 0 Å². The zero-order valence-corrected chi connectivity index (χ0v) is 9.98. The minimum atomic E-state index is 0.00574. The van der Waals surface area contributed by atoms with E-state index in [2.05, 4.69) is 15.5 Å². The summed E-state index contributed by atoms with van der Waals surface area (Å²) in [4.78, 5) is 15.8. The van der Waals surface area contributed by atoms with Crippen molar-refractivity contribution in [3.63, 3.8) is 0 Å². The second-order valence-electron chi connectivity index (χ2n) is 5.33. The van der Waals surface area contributed by atoms with Gasteiger partial charge in [0.2, 0.25) is 5.91 Å². The zero-order chi connectivity index (χ0) is 11.8. The number of carbonyl (C=O) groups excluding carboxylic acids is 1. The van der Waals surface area contributed by atoms with E-state index in [9.17, 15) is 4.79 Å². The molecular weight excluding hydrogens is 218 g/mol. The van der Waals surface area contributed by atoms with Crippen LogP contribution in [0.1, 0.15) is 37.9 Å². The van der Waals surface area contributed by atoms with E-state index in [1.54, 1.807) is 6.92 Å². The van der Waals surface area contributed by atoms with Crippen molar-refractivity contribution < 1.29 is 9.32 Å². The number of amides is 1. The van der Waals surface area contributed by atoms with Crippen LogP contribution >= 0.6 is 0 Å². The summed E-state index contributed by atoms with van der Waals surface area (Å²) in [6, 6.07) is 0.218. The number of hydrogen-bond acceptors (Lipinski definition) is 4. The van der Waals surface area contributed by atoms with E-state index in [0.717, 1.165) is 11.8 Å². The fraction of sp³-hybridized carbons (Fsp3) is 0.750. The monoisotopic (exact) mass is 235 g/mol. The highest BCUT2D eigenvalue weighted by Crippen LogP contribution is 2.49. The molecule has 0 aliphatic heterocycles. The van der Waals surface area contributed by atoms with Gasteiger partial charge in [-0.25, -0.2) is 0 Å². The quantitative estimate of drug-likeness (QED) is 0.871. The van der Waals surface area contributed by atoms with Gasteiger partial charge >= 0.3 is 6.01 Å². The first-order chi connectivity index (χ1) is 8.20. The van der Waals surface area contributed by atoms with Crippen molar-refractivity contribution in [3.05, 3.63) is 5.82 Å². The molecule has 0 aromatic carbocycles. The Bertz CT molecular complexity index is 429. The van der Waals surface area contributed by atoms with E-state index in [-0.39, 0.29) is 11.9 Å². The summed E-state index contributed by atoms with van der Waals surface area (Å²) in [5.41, 5.74) is 0. The number of nitrogens with one attached hydrogen (secondary N) is 1. The van der Waals surface area contributed by atoms with Crippen molar-refractivity contribution in [2.24, 2.45) is 17.8 Å². The maximum Gasteiger partial charge on any atom is 0.328 e. The number of anilines is 1. The molecular formula is C12H17N3O2. The van der Waals surface area contributed by atoms with Gasteiger partial charge in [0.25, 0.3) is 0 Å². The topological polar surface area (TPSA) is 68.0 Å². The SMILES string of the molecule is Cc1noc(NC(=O)CC2CC3CCC2C3)n1. The van der Waals surface area contributed by atoms with Crippen LogP contribution in [-0.4, -0.2) is 16.0 Å². The van der Waals surface area contributed by atoms with Crippen LogP contribution in [0.5, 0.6) is 0 Å². The third kappa shape index (κ3) is 2.18. The van der Waals surface area contributed by atoms with Crippen molar-refractivity contribution in [2.45, 2.75) is 39.0 Å². The minimum absolute atomic E-state index is 0.00574. The summed E-state index contributed by atoms with van der Waals surface area (Å²) < 4.78 is 4.87. The molecule has 2 aliphatic rings. The van der Waals surface area contributed by atoms with E-state index in [1.165, 1.54) is 25.7 Å². The number of fused-ring (bicyclic) bond motifs is 2. The Labute approximate surface area is 100.0 Å². The van der Waals surface area contributed by atoms with E-state index in [4.69, 9.17) is 4.52 Å². The van der Waals surface area contributed by atoms with Gasteiger partial charge in [-0.3, -0.25) is 10.1 Å². The van der Waals surface area contributed by atoms with Gasteiger partial charge in [-0.15, -0.1) is 0 Å². The lowest BCUT2D eigenvalue weighted by Crippen LogP contribution is -2.20. The van der Waals surface area contributed by atoms with Crippen LogP contribution in [0, 0.1) is 24.7 Å². The molecule has 2 fully saturated rings. The number of aromatic nitrogens is 2. The van der Waals surface area contributed by atoms with Crippen LogP contribution in [0.25, 0.3) is 0 Å². The van der Waals surface area contributed by atoms with Crippen LogP contribution in [0.15, 0.2) is 4.52 Å². The fourth-order valence-electron chi connectivity index (χ4n) is 3.38. The second-order valence-corrected chi connectivity index (χ2v) is 5.33. The maximum absolute atomic E-state index is 11.8. The molecule has 3 unspecified atom stereocenters. The average Bonchev–Trinajstić information content (AvgIpc) is 2.95. The van der Waals surface area contributed by atoms with E-state index < -0.39 is 0 Å². The highest BCUT2D eigenvalue weighted by Gasteiger charge is 2.40. The molecule has 1 heterocycles. The third-order valence-corrected chi connectivity index (χ3v) is 4.11. The maximum atomic E-state index is 11.8. The Balaban J connectivity index is 1.54. The fourth-order valence-corrected chi connectivity index (χ4v) is 3.38. The lowest BCUT2D eigenvalue weighted by molar-refractivity contribution is -0.117. The van der Waals surface area contributed by atoms with Crippen molar-refractivity contribution in [3.8, 4) is 0 Å². The van der Waals surface area contributed by atoms with Gasteiger partial charge in [0, 0.05) is 6.42 Å². The molecule has 2 bridgehead atoms. The predicted molar refractivity (Wildman–Crippen MR) is 61.2 cm³/mol. The van der Waals surface area contributed by atoms with Crippen molar-refractivity contribution >= 4 is 11.9 Å². The van der Waals surface area contributed by atoms with Crippen molar-refractivity contribution in [2.75, 3.05) is 5.32 Å². The highest BCUT2D eigenvalue weighted by atomic mass is 16.5. The smallest absolute Gasteiger partial charge is 0.315 e. The lowest BCUT2D eigenvalue weighted by atomic mass is 9.86. The first kappa shape index (κ1) is 10.7. The molecule has 3 atom stereocenters. The van der Waals surface area contributed by atoms with E-state index in [0.29, 0.717) is 18.2 Å². The van der Waals surface area contributed by atoms with Crippen LogP contribution in [0.3, 0.4) is 0 Å². The van der Waals surface area contributed by atoms with Gasteiger partial charge in [-0.1, -0.05) is 11.6 Å². The lowest BCUT2D eigenvalue weighted by Gasteiger charge is -2.20. The third-order valence-electron chi connectivity index (χ3n) is 4.11. The molecule has 17 heavy (non-hydrogen) atoms. The standard InChI is InChI=1S/C12H17N3O2/c1-7-13-12(17-15-7)14-11(16)6-10-5-8-2-3-9(10)4-8/h8-10H,2-6H2,1H3,(H,13,14,15,16). The molecule has 2 saturated carbocycles. The van der Waals surface area contributed by atoms with Gasteiger partial charge in [0.15, 0.2) is 5.82 Å². The molecule has 0 saturated heterocycles. The van der Waals surface area contributed by atoms with Crippen LogP contribution in [-0.2, 0) is 4.79 Å². The normalized spacial score (nSPS) is 30.8. The molecule has 0 radical (unpaired) electrons. The van der Waals surface area contributed by atoms with Gasteiger partial charge in [-0.2, -0.15) is 4.98 Å². The molecule has 5 nitrogen and oxygen atoms in total. The summed E-state index contributed by atoms with van der Waals surface area (Å²) in [5.74, 6) is 2.77. The summed E-state index contributed by atoms with van der Waals surface area (Å²) in [6.45, 7) is 1.73. The largest absolute Gasteiger partial charge is 0.328 e. The second kappa shape index (κ2) is 4.13.